The average Bonchev–Trinajstić information content (AvgIpc) is 2.98. The summed E-state index contributed by atoms with van der Waals surface area (Å²) in [6.45, 7) is 0.638. The molecule has 0 aliphatic carbocycles. The van der Waals surface area contributed by atoms with Crippen LogP contribution in [0.2, 0.25) is 0 Å². The smallest absolute Gasteiger partial charge is 0.123 e. The number of benzene rings is 1. The summed E-state index contributed by atoms with van der Waals surface area (Å²) in [6, 6.07) is 8.22. The Labute approximate surface area is 114 Å². The van der Waals surface area contributed by atoms with Gasteiger partial charge in [-0.15, -0.1) is 0 Å². The SMILES string of the molecule is OC1CN[C@H](c2ncc(-c3ccc(Br)cc3)[nH]2)C1. The van der Waals surface area contributed by atoms with E-state index in [4.69, 9.17) is 0 Å². The first-order valence-corrected chi connectivity index (χ1v) is 6.74. The molecule has 94 valence electrons. The molecule has 1 saturated heterocycles. The highest BCUT2D eigenvalue weighted by atomic mass is 79.9. The molecule has 0 amide bonds. The predicted octanol–water partition coefficient (Wildman–Crippen LogP) is 2.23. The van der Waals surface area contributed by atoms with Gasteiger partial charge < -0.3 is 15.4 Å². The third-order valence-electron chi connectivity index (χ3n) is 3.19. The third kappa shape index (κ3) is 2.34. The van der Waals surface area contributed by atoms with E-state index in [1.807, 2.05) is 30.5 Å². The molecule has 0 saturated carbocycles. The number of aromatic nitrogens is 2. The van der Waals surface area contributed by atoms with Crippen molar-refractivity contribution in [3.05, 3.63) is 40.8 Å². The number of β-amino-alcohol motifs (C(OH)–C–C–N with tert-alkyl or cyclic N) is 1. The molecule has 1 aliphatic heterocycles. The maximum Gasteiger partial charge on any atom is 0.123 e. The Morgan fingerprint density at radius 2 is 2.06 bits per heavy atom. The minimum absolute atomic E-state index is 0.129. The van der Waals surface area contributed by atoms with Crippen LogP contribution in [0.5, 0.6) is 0 Å². The first kappa shape index (κ1) is 11.9. The van der Waals surface area contributed by atoms with Crippen LogP contribution in [0.15, 0.2) is 34.9 Å². The maximum atomic E-state index is 9.51. The summed E-state index contributed by atoms with van der Waals surface area (Å²) in [5.41, 5.74) is 2.11. The Bertz CT molecular complexity index is 537. The zero-order valence-electron chi connectivity index (χ0n) is 9.73. The number of nitrogens with zero attached hydrogens (tertiary/aromatic N) is 1. The normalized spacial score (nSPS) is 23.4. The van der Waals surface area contributed by atoms with Gasteiger partial charge in [-0.1, -0.05) is 28.1 Å². The summed E-state index contributed by atoms with van der Waals surface area (Å²) in [4.78, 5) is 7.70. The van der Waals surface area contributed by atoms with Crippen molar-refractivity contribution < 1.29 is 5.11 Å². The summed E-state index contributed by atoms with van der Waals surface area (Å²) >= 11 is 3.42. The standard InChI is InChI=1S/C13H14BrN3O/c14-9-3-1-8(2-4-9)12-7-16-13(17-12)11-5-10(18)6-15-11/h1-4,7,10-11,15,18H,5-6H2,(H,16,17)/t10?,11-/m0/s1. The van der Waals surface area contributed by atoms with Gasteiger partial charge in [-0.2, -0.15) is 0 Å². The fourth-order valence-corrected chi connectivity index (χ4v) is 2.48. The Balaban J connectivity index is 1.83. The first-order valence-electron chi connectivity index (χ1n) is 5.94. The molecule has 2 aromatic rings. The zero-order valence-corrected chi connectivity index (χ0v) is 11.3. The number of aromatic amines is 1. The van der Waals surface area contributed by atoms with Crippen LogP contribution in [-0.2, 0) is 0 Å². The molecule has 5 heteroatoms. The highest BCUT2D eigenvalue weighted by molar-refractivity contribution is 9.10. The van der Waals surface area contributed by atoms with Gasteiger partial charge in [0.2, 0.25) is 0 Å². The molecule has 0 spiro atoms. The van der Waals surface area contributed by atoms with E-state index in [1.54, 1.807) is 0 Å². The van der Waals surface area contributed by atoms with Crippen molar-refractivity contribution in [3.8, 4) is 11.3 Å². The second-order valence-corrected chi connectivity index (χ2v) is 5.46. The quantitative estimate of drug-likeness (QED) is 0.797. The molecular weight excluding hydrogens is 294 g/mol. The number of nitrogens with one attached hydrogen (secondary N) is 2. The Kier molecular flexibility index (Phi) is 3.20. The van der Waals surface area contributed by atoms with E-state index < -0.39 is 0 Å². The molecule has 1 unspecified atom stereocenters. The lowest BCUT2D eigenvalue weighted by Crippen LogP contribution is -2.15. The summed E-state index contributed by atoms with van der Waals surface area (Å²) in [6.07, 6.45) is 2.29. The van der Waals surface area contributed by atoms with E-state index in [0.717, 1.165) is 21.6 Å². The van der Waals surface area contributed by atoms with E-state index in [9.17, 15) is 5.11 Å². The average molecular weight is 308 g/mol. The molecule has 3 N–H and O–H groups in total. The van der Waals surface area contributed by atoms with Crippen LogP contribution in [0.4, 0.5) is 0 Å². The molecule has 18 heavy (non-hydrogen) atoms. The van der Waals surface area contributed by atoms with Gasteiger partial charge in [0, 0.05) is 11.0 Å². The van der Waals surface area contributed by atoms with Gasteiger partial charge in [-0.3, -0.25) is 0 Å². The van der Waals surface area contributed by atoms with Gasteiger partial charge in [-0.05, 0) is 24.1 Å². The fraction of sp³-hybridized carbons (Fsp3) is 0.308. The van der Waals surface area contributed by atoms with Crippen LogP contribution in [0.1, 0.15) is 18.3 Å². The van der Waals surface area contributed by atoms with Crippen molar-refractivity contribution in [2.45, 2.75) is 18.6 Å². The number of aliphatic hydroxyl groups is 1. The van der Waals surface area contributed by atoms with Crippen molar-refractivity contribution >= 4 is 15.9 Å². The van der Waals surface area contributed by atoms with Gasteiger partial charge in [0.25, 0.3) is 0 Å². The van der Waals surface area contributed by atoms with Gasteiger partial charge in [0.05, 0.1) is 24.0 Å². The fourth-order valence-electron chi connectivity index (χ4n) is 2.22. The highest BCUT2D eigenvalue weighted by Gasteiger charge is 2.25. The minimum Gasteiger partial charge on any atom is -0.392 e. The van der Waals surface area contributed by atoms with Crippen molar-refractivity contribution in [1.82, 2.24) is 15.3 Å². The number of hydrogen-bond acceptors (Lipinski definition) is 3. The highest BCUT2D eigenvalue weighted by Crippen LogP contribution is 2.25. The van der Waals surface area contributed by atoms with Crippen molar-refractivity contribution in [2.75, 3.05) is 6.54 Å². The number of H-pyrrole nitrogens is 1. The van der Waals surface area contributed by atoms with Crippen molar-refractivity contribution in [1.29, 1.82) is 0 Å². The van der Waals surface area contributed by atoms with E-state index >= 15 is 0 Å². The van der Waals surface area contributed by atoms with Crippen molar-refractivity contribution in [2.24, 2.45) is 0 Å². The number of imidazole rings is 1. The summed E-state index contributed by atoms with van der Waals surface area (Å²) < 4.78 is 1.06. The second kappa shape index (κ2) is 4.84. The summed E-state index contributed by atoms with van der Waals surface area (Å²) in [5.74, 6) is 0.893. The predicted molar refractivity (Wildman–Crippen MR) is 73.1 cm³/mol. The van der Waals surface area contributed by atoms with E-state index in [1.165, 1.54) is 0 Å². The molecule has 4 nitrogen and oxygen atoms in total. The lowest BCUT2D eigenvalue weighted by atomic mass is 10.2. The third-order valence-corrected chi connectivity index (χ3v) is 3.72. The molecule has 1 aromatic carbocycles. The second-order valence-electron chi connectivity index (χ2n) is 4.54. The topological polar surface area (TPSA) is 60.9 Å². The lowest BCUT2D eigenvalue weighted by Gasteiger charge is -2.05. The van der Waals surface area contributed by atoms with Crippen molar-refractivity contribution in [3.63, 3.8) is 0 Å². The van der Waals surface area contributed by atoms with Crippen LogP contribution in [0, 0.1) is 0 Å². The molecule has 1 aromatic heterocycles. The van der Waals surface area contributed by atoms with Gasteiger partial charge in [0.1, 0.15) is 5.82 Å². The van der Waals surface area contributed by atoms with E-state index in [0.29, 0.717) is 13.0 Å². The number of hydrogen-bond donors (Lipinski definition) is 3. The van der Waals surface area contributed by atoms with E-state index in [-0.39, 0.29) is 12.1 Å². The molecule has 1 aliphatic rings. The maximum absolute atomic E-state index is 9.51. The van der Waals surface area contributed by atoms with Gasteiger partial charge in [0.15, 0.2) is 0 Å². The number of aliphatic hydroxyl groups excluding tert-OH is 1. The first-order chi connectivity index (χ1) is 8.72. The summed E-state index contributed by atoms with van der Waals surface area (Å²) in [5, 5.41) is 12.8. The molecule has 3 rings (SSSR count). The molecule has 0 bridgehead atoms. The minimum atomic E-state index is -0.267. The molecule has 0 radical (unpaired) electrons. The zero-order chi connectivity index (χ0) is 12.5. The Morgan fingerprint density at radius 3 is 2.72 bits per heavy atom. The van der Waals surface area contributed by atoms with Crippen LogP contribution < -0.4 is 5.32 Å². The summed E-state index contributed by atoms with van der Waals surface area (Å²) in [7, 11) is 0. The van der Waals surface area contributed by atoms with Gasteiger partial charge >= 0.3 is 0 Å². The molecule has 2 heterocycles. The van der Waals surface area contributed by atoms with Crippen LogP contribution >= 0.6 is 15.9 Å². The van der Waals surface area contributed by atoms with Crippen LogP contribution in [0.25, 0.3) is 11.3 Å². The molecule has 2 atom stereocenters. The Hall–Kier alpha value is -1.17. The lowest BCUT2D eigenvalue weighted by molar-refractivity contribution is 0.193. The van der Waals surface area contributed by atoms with Gasteiger partial charge in [-0.25, -0.2) is 4.98 Å². The number of rotatable bonds is 2. The van der Waals surface area contributed by atoms with E-state index in [2.05, 4.69) is 31.2 Å². The van der Waals surface area contributed by atoms with Crippen LogP contribution in [0.3, 0.4) is 0 Å². The molecular formula is C13H14BrN3O. The Morgan fingerprint density at radius 1 is 1.28 bits per heavy atom. The monoisotopic (exact) mass is 307 g/mol. The largest absolute Gasteiger partial charge is 0.392 e. The molecule has 1 fully saturated rings. The number of halogens is 1. The van der Waals surface area contributed by atoms with Crippen LogP contribution in [-0.4, -0.2) is 27.7 Å².